The maximum atomic E-state index is 13.6. The zero-order valence-electron chi connectivity index (χ0n) is 23.2. The number of hydrogen-bond acceptors (Lipinski definition) is 5. The van der Waals surface area contributed by atoms with Crippen LogP contribution in [-0.2, 0) is 20.9 Å². The smallest absolute Gasteiger partial charge is 0.234 e. The molecule has 0 bridgehead atoms. The van der Waals surface area contributed by atoms with Crippen molar-refractivity contribution in [2.24, 2.45) is 17.8 Å². The lowest BCUT2D eigenvalue weighted by molar-refractivity contribution is -0.140. The molecule has 6 heteroatoms. The number of carbonyl (C=O) groups is 2. The number of thiophene rings is 1. The summed E-state index contributed by atoms with van der Waals surface area (Å²) in [5.74, 6) is -0.340. The van der Waals surface area contributed by atoms with Crippen molar-refractivity contribution in [3.05, 3.63) is 98.3 Å². The molecule has 2 aliphatic heterocycles. The third-order valence-electron chi connectivity index (χ3n) is 8.81. The molecule has 3 heterocycles. The van der Waals surface area contributed by atoms with Crippen LogP contribution in [0, 0.1) is 31.6 Å². The van der Waals surface area contributed by atoms with E-state index in [4.69, 9.17) is 4.74 Å². The Kier molecular flexibility index (Phi) is 7.24. The fraction of sp³-hybridized carbons (Fsp3) is 0.353. The minimum atomic E-state index is -0.316. The van der Waals surface area contributed by atoms with Gasteiger partial charge in [0.1, 0.15) is 5.75 Å². The summed E-state index contributed by atoms with van der Waals surface area (Å²) in [6, 6.07) is 18.4. The van der Waals surface area contributed by atoms with Crippen LogP contribution < -0.4 is 0 Å². The maximum Gasteiger partial charge on any atom is 0.234 e. The number of benzene rings is 2. The Bertz CT molecular complexity index is 1480. The summed E-state index contributed by atoms with van der Waals surface area (Å²) in [7, 11) is 0. The molecule has 2 amide bonds. The highest BCUT2D eigenvalue weighted by atomic mass is 32.1. The number of carbonyl (C=O) groups excluding carboxylic acids is 2. The van der Waals surface area contributed by atoms with Crippen molar-refractivity contribution in [1.82, 2.24) is 4.90 Å². The van der Waals surface area contributed by atoms with Gasteiger partial charge in [0.2, 0.25) is 11.8 Å². The highest BCUT2D eigenvalue weighted by Gasteiger charge is 2.56. The van der Waals surface area contributed by atoms with E-state index in [9.17, 15) is 14.7 Å². The highest BCUT2D eigenvalue weighted by Crippen LogP contribution is 2.50. The first-order valence-electron chi connectivity index (χ1n) is 14.1. The number of phenols is 1. The lowest BCUT2D eigenvalue weighted by Gasteiger charge is -2.30. The number of amides is 2. The highest BCUT2D eigenvalue weighted by molar-refractivity contribution is 7.09. The topological polar surface area (TPSA) is 66.8 Å². The summed E-state index contributed by atoms with van der Waals surface area (Å²) in [6.07, 6.45) is 4.40. The minimum Gasteiger partial charge on any atom is -0.507 e. The van der Waals surface area contributed by atoms with E-state index >= 15 is 0 Å². The van der Waals surface area contributed by atoms with E-state index in [1.54, 1.807) is 11.3 Å². The van der Waals surface area contributed by atoms with Crippen LogP contribution in [0.3, 0.4) is 0 Å². The number of phenolic OH excluding ortho intramolecular Hbond substituents is 1. The van der Waals surface area contributed by atoms with Gasteiger partial charge in [0.15, 0.2) is 0 Å². The Morgan fingerprint density at radius 1 is 1.02 bits per heavy atom. The number of aromatic hydroxyl groups is 1. The first kappa shape index (κ1) is 26.7. The van der Waals surface area contributed by atoms with Crippen LogP contribution in [-0.4, -0.2) is 34.5 Å². The van der Waals surface area contributed by atoms with E-state index in [-0.39, 0.29) is 35.7 Å². The van der Waals surface area contributed by atoms with Gasteiger partial charge in [0.25, 0.3) is 0 Å². The third-order valence-corrected chi connectivity index (χ3v) is 9.67. The Labute approximate surface area is 239 Å². The number of ether oxygens (including phenoxy) is 1. The average molecular weight is 554 g/mol. The number of aryl methyl sites for hydroxylation is 2. The van der Waals surface area contributed by atoms with Crippen molar-refractivity contribution in [3.63, 3.8) is 0 Å². The van der Waals surface area contributed by atoms with Gasteiger partial charge in [-0.05, 0) is 97.0 Å². The van der Waals surface area contributed by atoms with Gasteiger partial charge in [-0.1, -0.05) is 48.0 Å². The van der Waals surface area contributed by atoms with Crippen molar-refractivity contribution in [2.45, 2.75) is 52.7 Å². The van der Waals surface area contributed by atoms with E-state index in [2.05, 4.69) is 37.3 Å². The van der Waals surface area contributed by atoms with E-state index in [1.807, 2.05) is 49.6 Å². The average Bonchev–Trinajstić information content (AvgIpc) is 3.67. The van der Waals surface area contributed by atoms with Crippen LogP contribution in [0.4, 0.5) is 0 Å². The van der Waals surface area contributed by atoms with Gasteiger partial charge in [-0.15, -0.1) is 11.3 Å². The molecule has 2 aromatic carbocycles. The normalized spacial score (nSPS) is 24.6. The molecule has 0 radical (unpaired) electrons. The van der Waals surface area contributed by atoms with Crippen molar-refractivity contribution in [3.8, 4) is 5.75 Å². The molecular weight excluding hydrogens is 518 g/mol. The monoisotopic (exact) mass is 553 g/mol. The lowest BCUT2D eigenvalue weighted by atomic mass is 9.70. The molecule has 1 aliphatic carbocycles. The molecule has 3 aliphatic rings. The van der Waals surface area contributed by atoms with E-state index in [0.29, 0.717) is 25.3 Å². The number of likely N-dealkylation sites (tertiary alicyclic amines) is 1. The molecule has 1 aromatic heterocycles. The summed E-state index contributed by atoms with van der Waals surface area (Å²) in [5, 5.41) is 12.2. The number of allylic oxidation sites excluding steroid dienone is 2. The molecule has 0 saturated carbocycles. The Morgan fingerprint density at radius 3 is 2.48 bits per heavy atom. The quantitative estimate of drug-likeness (QED) is 0.196. The van der Waals surface area contributed by atoms with Crippen LogP contribution in [0.5, 0.6) is 5.75 Å². The zero-order valence-corrected chi connectivity index (χ0v) is 24.0. The van der Waals surface area contributed by atoms with Gasteiger partial charge in [-0.3, -0.25) is 14.5 Å². The van der Waals surface area contributed by atoms with Gasteiger partial charge in [0.05, 0.1) is 31.1 Å². The number of hydrogen-bond donors (Lipinski definition) is 1. The van der Waals surface area contributed by atoms with Crippen LogP contribution in [0.2, 0.25) is 0 Å². The van der Waals surface area contributed by atoms with Crippen molar-refractivity contribution in [1.29, 1.82) is 0 Å². The largest absolute Gasteiger partial charge is 0.507 e. The lowest BCUT2D eigenvalue weighted by Crippen LogP contribution is -2.34. The van der Waals surface area contributed by atoms with Crippen molar-refractivity contribution in [2.75, 3.05) is 6.61 Å². The first-order valence-corrected chi connectivity index (χ1v) is 14.9. The summed E-state index contributed by atoms with van der Waals surface area (Å²) in [4.78, 5) is 29.4. The third kappa shape index (κ3) is 4.84. The molecule has 0 unspecified atom stereocenters. The maximum absolute atomic E-state index is 13.6. The molecule has 0 spiro atoms. The molecule has 206 valence electrons. The molecule has 5 nitrogen and oxygen atoms in total. The number of nitrogens with zero attached hydrogens (tertiary/aromatic N) is 1. The van der Waals surface area contributed by atoms with E-state index in [1.165, 1.54) is 21.6 Å². The van der Waals surface area contributed by atoms with Crippen molar-refractivity contribution >= 4 is 34.8 Å². The van der Waals surface area contributed by atoms with Gasteiger partial charge < -0.3 is 9.84 Å². The van der Waals surface area contributed by atoms with E-state index in [0.717, 1.165) is 40.0 Å². The molecule has 3 aromatic rings. The predicted octanol–water partition coefficient (Wildman–Crippen LogP) is 6.93. The second-order valence-corrected chi connectivity index (χ2v) is 12.5. The number of rotatable bonds is 7. The summed E-state index contributed by atoms with van der Waals surface area (Å²) < 4.78 is 6.40. The van der Waals surface area contributed by atoms with Crippen LogP contribution >= 0.6 is 11.3 Å². The molecule has 1 N–H and O–H groups in total. The second kappa shape index (κ2) is 10.8. The fourth-order valence-electron chi connectivity index (χ4n) is 6.92. The first-order chi connectivity index (χ1) is 19.3. The standard InChI is InChI=1S/C34H35NO4S/c1-20-16-27-31(34(38)35(33(27)37)18-26-10-7-13-40-26)28-19-39-29(30(20)28)12-11-25(24-8-5-4-6-9-24)17-23-14-21(2)32(36)22(3)15-23/h4-10,13-15,17,27-29,31,36H,11-12,16,18-19H2,1-3H3/b25-17-/t27-,28+,29-,31-/m1/s1. The molecule has 2 fully saturated rings. The van der Waals surface area contributed by atoms with Gasteiger partial charge in [-0.25, -0.2) is 0 Å². The Morgan fingerprint density at radius 2 is 1.77 bits per heavy atom. The number of fused-ring (bicyclic) bond motifs is 3. The SMILES string of the molecule is CC1=C2[C@@H](CC/C(=C/c3cc(C)c(O)c(C)c3)c3ccccc3)OC[C@@H]2[C@@H]2C(=O)N(Cc3cccs3)C(=O)[C@@H]2C1. The van der Waals surface area contributed by atoms with Gasteiger partial charge >= 0.3 is 0 Å². The summed E-state index contributed by atoms with van der Waals surface area (Å²) in [5.41, 5.74) is 7.61. The molecule has 6 rings (SSSR count). The van der Waals surface area contributed by atoms with E-state index < -0.39 is 0 Å². The van der Waals surface area contributed by atoms with Gasteiger partial charge in [0, 0.05) is 10.8 Å². The molecule has 4 atom stereocenters. The summed E-state index contributed by atoms with van der Waals surface area (Å²) >= 11 is 1.58. The number of imide groups is 1. The van der Waals surface area contributed by atoms with Crippen molar-refractivity contribution < 1.29 is 19.4 Å². The van der Waals surface area contributed by atoms with Crippen LogP contribution in [0.1, 0.15) is 53.3 Å². The predicted molar refractivity (Wildman–Crippen MR) is 159 cm³/mol. The minimum absolute atomic E-state index is 0.0277. The molecule has 40 heavy (non-hydrogen) atoms. The zero-order chi connectivity index (χ0) is 28.0. The summed E-state index contributed by atoms with van der Waals surface area (Å²) in [6.45, 7) is 6.84. The molecule has 2 saturated heterocycles. The Hall–Kier alpha value is -3.48. The van der Waals surface area contributed by atoms with Gasteiger partial charge in [-0.2, -0.15) is 0 Å². The molecular formula is C34H35NO4S. The Balaban J connectivity index is 1.23. The fourth-order valence-corrected chi connectivity index (χ4v) is 7.61. The van der Waals surface area contributed by atoms with Crippen LogP contribution in [0.15, 0.2) is 71.1 Å². The van der Waals surface area contributed by atoms with Crippen LogP contribution in [0.25, 0.3) is 11.6 Å². The second-order valence-electron chi connectivity index (χ2n) is 11.4.